The highest BCUT2D eigenvalue weighted by molar-refractivity contribution is 5.25. The third-order valence-corrected chi connectivity index (χ3v) is 4.34. The van der Waals surface area contributed by atoms with Crippen LogP contribution in [0.25, 0.3) is 0 Å². The summed E-state index contributed by atoms with van der Waals surface area (Å²) in [7, 11) is 0. The molecule has 0 saturated carbocycles. The molecule has 1 saturated heterocycles. The maximum Gasteiger partial charge on any atom is 0.227 e. The van der Waals surface area contributed by atoms with Crippen LogP contribution in [0.2, 0.25) is 0 Å². The largest absolute Gasteiger partial charge is 0.502 e. The molecule has 1 aliphatic rings. The molecule has 2 heterocycles. The highest BCUT2D eigenvalue weighted by Crippen LogP contribution is 2.29. The Balaban J connectivity index is 1.64. The first-order valence-corrected chi connectivity index (χ1v) is 7.73. The van der Waals surface area contributed by atoms with Crippen LogP contribution < -0.4 is 5.43 Å². The monoisotopic (exact) mass is 299 g/mol. The normalized spacial score (nSPS) is 16.8. The van der Waals surface area contributed by atoms with E-state index in [-0.39, 0.29) is 11.2 Å². The Morgan fingerprint density at radius 3 is 2.59 bits per heavy atom. The molecular formula is C18H21NO3. The summed E-state index contributed by atoms with van der Waals surface area (Å²) in [5, 5.41) is 9.85. The molecular weight excluding hydrogens is 278 g/mol. The van der Waals surface area contributed by atoms with Gasteiger partial charge in [0, 0.05) is 6.07 Å². The van der Waals surface area contributed by atoms with Gasteiger partial charge in [-0.25, -0.2) is 0 Å². The summed E-state index contributed by atoms with van der Waals surface area (Å²) in [6.07, 6.45) is 2.17. The zero-order valence-corrected chi connectivity index (χ0v) is 12.8. The van der Waals surface area contributed by atoms with Crippen molar-refractivity contribution in [3.63, 3.8) is 0 Å². The van der Waals surface area contributed by atoms with Gasteiger partial charge < -0.3 is 9.52 Å². The molecule has 0 radical (unpaired) electrons. The zero-order chi connectivity index (χ0) is 15.5. The van der Waals surface area contributed by atoms with Crippen LogP contribution in [0.15, 0.2) is 45.6 Å². The van der Waals surface area contributed by atoms with Gasteiger partial charge in [-0.1, -0.05) is 30.3 Å². The number of hydrogen-bond acceptors (Lipinski definition) is 4. The lowest BCUT2D eigenvalue weighted by Gasteiger charge is -2.31. The maximum absolute atomic E-state index is 11.6. The van der Waals surface area contributed by atoms with Crippen molar-refractivity contribution in [2.45, 2.75) is 32.2 Å². The number of likely N-dealkylation sites (tertiary alicyclic amines) is 1. The van der Waals surface area contributed by atoms with Gasteiger partial charge in [0.25, 0.3) is 0 Å². The second-order valence-corrected chi connectivity index (χ2v) is 5.95. The van der Waals surface area contributed by atoms with Crippen molar-refractivity contribution < 1.29 is 9.52 Å². The number of aryl methyl sites for hydroxylation is 1. The van der Waals surface area contributed by atoms with Crippen LogP contribution in [0.1, 0.15) is 35.8 Å². The standard InChI is InChI=1S/C18H21NO3/c1-13-11-16(20)18(21)17(22-13)12-19-9-7-15(8-10-19)14-5-3-2-4-6-14/h2-6,11,15,21H,7-10,12H2,1H3. The van der Waals surface area contributed by atoms with Crippen LogP contribution in [-0.4, -0.2) is 23.1 Å². The third kappa shape index (κ3) is 3.22. The number of hydrogen-bond donors (Lipinski definition) is 1. The minimum Gasteiger partial charge on any atom is -0.502 e. The molecule has 0 unspecified atom stereocenters. The molecule has 3 rings (SSSR count). The smallest absolute Gasteiger partial charge is 0.227 e. The van der Waals surface area contributed by atoms with E-state index >= 15 is 0 Å². The van der Waals surface area contributed by atoms with Crippen LogP contribution in [0.5, 0.6) is 5.75 Å². The van der Waals surface area contributed by atoms with E-state index in [4.69, 9.17) is 4.42 Å². The molecule has 1 aromatic heterocycles. The fourth-order valence-corrected chi connectivity index (χ4v) is 3.12. The molecule has 1 aliphatic heterocycles. The minimum atomic E-state index is -0.363. The highest BCUT2D eigenvalue weighted by Gasteiger charge is 2.22. The first kappa shape index (κ1) is 14.9. The molecule has 2 aromatic rings. The van der Waals surface area contributed by atoms with Gasteiger partial charge in [-0.2, -0.15) is 0 Å². The van der Waals surface area contributed by atoms with Crippen molar-refractivity contribution in [3.05, 3.63) is 63.7 Å². The minimum absolute atomic E-state index is 0.254. The summed E-state index contributed by atoms with van der Waals surface area (Å²) < 4.78 is 5.51. The van der Waals surface area contributed by atoms with Crippen LogP contribution in [0, 0.1) is 6.92 Å². The van der Waals surface area contributed by atoms with E-state index in [1.54, 1.807) is 6.92 Å². The lowest BCUT2D eigenvalue weighted by Crippen LogP contribution is -2.32. The van der Waals surface area contributed by atoms with Crippen LogP contribution in [0.4, 0.5) is 0 Å². The molecule has 1 N–H and O–H groups in total. The van der Waals surface area contributed by atoms with Gasteiger partial charge in [-0.3, -0.25) is 9.69 Å². The summed E-state index contributed by atoms with van der Waals surface area (Å²) >= 11 is 0. The summed E-state index contributed by atoms with van der Waals surface area (Å²) in [5.74, 6) is 1.26. The van der Waals surface area contributed by atoms with Crippen molar-refractivity contribution in [2.24, 2.45) is 0 Å². The molecule has 116 valence electrons. The van der Waals surface area contributed by atoms with Gasteiger partial charge in [0.1, 0.15) is 5.76 Å². The molecule has 22 heavy (non-hydrogen) atoms. The molecule has 0 atom stereocenters. The van der Waals surface area contributed by atoms with Crippen molar-refractivity contribution in [2.75, 3.05) is 13.1 Å². The number of rotatable bonds is 3. The Kier molecular flexibility index (Phi) is 4.29. The Bertz CT molecular complexity index is 685. The lowest BCUT2D eigenvalue weighted by atomic mass is 9.89. The number of benzene rings is 1. The average molecular weight is 299 g/mol. The van der Waals surface area contributed by atoms with E-state index in [0.717, 1.165) is 25.9 Å². The first-order chi connectivity index (χ1) is 10.6. The zero-order valence-electron chi connectivity index (χ0n) is 12.8. The van der Waals surface area contributed by atoms with Gasteiger partial charge in [-0.15, -0.1) is 0 Å². The molecule has 0 amide bonds. The van der Waals surface area contributed by atoms with E-state index in [0.29, 0.717) is 24.0 Å². The van der Waals surface area contributed by atoms with Crippen molar-refractivity contribution >= 4 is 0 Å². The van der Waals surface area contributed by atoms with E-state index in [9.17, 15) is 9.90 Å². The second-order valence-electron chi connectivity index (χ2n) is 5.95. The van der Waals surface area contributed by atoms with E-state index in [2.05, 4.69) is 29.2 Å². The summed E-state index contributed by atoms with van der Waals surface area (Å²) in [6.45, 7) is 4.10. The predicted octanol–water partition coefficient (Wildman–Crippen LogP) is 3.03. The average Bonchev–Trinajstić information content (AvgIpc) is 2.54. The van der Waals surface area contributed by atoms with Crippen molar-refractivity contribution in [3.8, 4) is 5.75 Å². The Hall–Kier alpha value is -2.07. The van der Waals surface area contributed by atoms with E-state index in [1.165, 1.54) is 11.6 Å². The molecule has 1 aromatic carbocycles. The topological polar surface area (TPSA) is 53.7 Å². The second kappa shape index (κ2) is 6.36. The Morgan fingerprint density at radius 2 is 1.91 bits per heavy atom. The molecule has 0 aliphatic carbocycles. The van der Waals surface area contributed by atoms with Gasteiger partial charge in [0.05, 0.1) is 6.54 Å². The van der Waals surface area contributed by atoms with Gasteiger partial charge in [0.2, 0.25) is 11.2 Å². The summed E-state index contributed by atoms with van der Waals surface area (Å²) in [6, 6.07) is 11.9. The number of aromatic hydroxyl groups is 1. The van der Waals surface area contributed by atoms with Gasteiger partial charge in [0.15, 0.2) is 5.76 Å². The van der Waals surface area contributed by atoms with Crippen LogP contribution >= 0.6 is 0 Å². The fraction of sp³-hybridized carbons (Fsp3) is 0.389. The van der Waals surface area contributed by atoms with E-state index < -0.39 is 0 Å². The van der Waals surface area contributed by atoms with Crippen LogP contribution in [-0.2, 0) is 6.54 Å². The molecule has 4 nitrogen and oxygen atoms in total. The maximum atomic E-state index is 11.6. The Morgan fingerprint density at radius 1 is 1.23 bits per heavy atom. The summed E-state index contributed by atoms with van der Waals surface area (Å²) in [5.41, 5.74) is 1.03. The Labute approximate surface area is 130 Å². The fourth-order valence-electron chi connectivity index (χ4n) is 3.12. The summed E-state index contributed by atoms with van der Waals surface area (Å²) in [4.78, 5) is 13.8. The SMILES string of the molecule is Cc1cc(=O)c(O)c(CN2CCC(c3ccccc3)CC2)o1. The first-order valence-electron chi connectivity index (χ1n) is 7.73. The quantitative estimate of drug-likeness (QED) is 0.946. The molecule has 1 fully saturated rings. The molecule has 0 spiro atoms. The number of nitrogens with zero attached hydrogens (tertiary/aromatic N) is 1. The lowest BCUT2D eigenvalue weighted by molar-refractivity contribution is 0.184. The van der Waals surface area contributed by atoms with E-state index in [1.807, 2.05) is 6.07 Å². The highest BCUT2D eigenvalue weighted by atomic mass is 16.4. The number of piperidine rings is 1. The third-order valence-electron chi connectivity index (χ3n) is 4.34. The van der Waals surface area contributed by atoms with Crippen molar-refractivity contribution in [1.82, 2.24) is 4.90 Å². The van der Waals surface area contributed by atoms with Crippen LogP contribution in [0.3, 0.4) is 0 Å². The predicted molar refractivity (Wildman–Crippen MR) is 85.1 cm³/mol. The van der Waals surface area contributed by atoms with Gasteiger partial charge in [-0.05, 0) is 44.3 Å². The molecule has 0 bridgehead atoms. The van der Waals surface area contributed by atoms with Gasteiger partial charge >= 0.3 is 0 Å². The van der Waals surface area contributed by atoms with Crippen molar-refractivity contribution in [1.29, 1.82) is 0 Å². The molecule has 4 heteroatoms.